The highest BCUT2D eigenvalue weighted by Crippen LogP contribution is 2.31. The lowest BCUT2D eigenvalue weighted by Crippen LogP contribution is -2.30. The monoisotopic (exact) mass is 292 g/mol. The quantitative estimate of drug-likeness (QED) is 0.438. The SMILES string of the molecule is COc1ccc(-c2nc(N)sc2CCC(=O)NN)cc1. The Hall–Kier alpha value is -2.12. The number of nitrogen functional groups attached to an aromatic ring is 1. The highest BCUT2D eigenvalue weighted by Gasteiger charge is 2.13. The number of anilines is 1. The van der Waals surface area contributed by atoms with Gasteiger partial charge in [0.05, 0.1) is 12.8 Å². The fourth-order valence-corrected chi connectivity index (χ4v) is 2.67. The number of methoxy groups -OCH3 is 1. The molecule has 0 aliphatic rings. The Morgan fingerprint density at radius 2 is 2.10 bits per heavy atom. The van der Waals surface area contributed by atoms with Gasteiger partial charge < -0.3 is 10.5 Å². The number of nitrogens with one attached hydrogen (secondary N) is 1. The Bertz CT molecular complexity index is 595. The molecule has 1 aromatic carbocycles. The Morgan fingerprint density at radius 1 is 1.40 bits per heavy atom. The molecule has 0 saturated heterocycles. The molecule has 5 N–H and O–H groups in total. The number of thiazole rings is 1. The summed E-state index contributed by atoms with van der Waals surface area (Å²) < 4.78 is 5.12. The zero-order valence-electron chi connectivity index (χ0n) is 11.1. The van der Waals surface area contributed by atoms with Gasteiger partial charge in [0.1, 0.15) is 5.75 Å². The molecule has 2 rings (SSSR count). The molecule has 0 atom stereocenters. The van der Waals surface area contributed by atoms with Crippen LogP contribution >= 0.6 is 11.3 Å². The second-order valence-corrected chi connectivity index (χ2v) is 5.24. The maximum Gasteiger partial charge on any atom is 0.234 e. The third kappa shape index (κ3) is 3.25. The molecule has 0 unspecified atom stereocenters. The Labute approximate surface area is 120 Å². The number of aromatic nitrogens is 1. The molecule has 2 aromatic rings. The van der Waals surface area contributed by atoms with E-state index in [0.717, 1.165) is 21.9 Å². The van der Waals surface area contributed by atoms with Crippen molar-refractivity contribution in [2.45, 2.75) is 12.8 Å². The van der Waals surface area contributed by atoms with Gasteiger partial charge in [0.15, 0.2) is 5.13 Å². The molecule has 1 heterocycles. The van der Waals surface area contributed by atoms with E-state index in [0.29, 0.717) is 18.0 Å². The summed E-state index contributed by atoms with van der Waals surface area (Å²) in [5, 5.41) is 0.485. The van der Waals surface area contributed by atoms with Crippen LogP contribution in [-0.2, 0) is 11.2 Å². The normalized spacial score (nSPS) is 10.3. The summed E-state index contributed by atoms with van der Waals surface area (Å²) in [6.45, 7) is 0. The molecule has 0 spiro atoms. The average Bonchev–Trinajstić information content (AvgIpc) is 2.85. The number of hydrogen-bond donors (Lipinski definition) is 3. The first kappa shape index (κ1) is 14.3. The topological polar surface area (TPSA) is 103 Å². The van der Waals surface area contributed by atoms with E-state index >= 15 is 0 Å². The van der Waals surface area contributed by atoms with Crippen LogP contribution in [0.5, 0.6) is 5.75 Å². The first-order valence-corrected chi connectivity index (χ1v) is 6.84. The number of amides is 1. The maximum atomic E-state index is 11.2. The van der Waals surface area contributed by atoms with E-state index in [-0.39, 0.29) is 5.91 Å². The minimum atomic E-state index is -0.211. The predicted molar refractivity (Wildman–Crippen MR) is 79.2 cm³/mol. The van der Waals surface area contributed by atoms with Crippen LogP contribution in [0.4, 0.5) is 5.13 Å². The molecule has 0 radical (unpaired) electrons. The van der Waals surface area contributed by atoms with Crippen LogP contribution in [0.15, 0.2) is 24.3 Å². The van der Waals surface area contributed by atoms with E-state index in [1.165, 1.54) is 11.3 Å². The largest absolute Gasteiger partial charge is 0.497 e. The number of aryl methyl sites for hydroxylation is 1. The predicted octanol–water partition coefficient (Wildman–Crippen LogP) is 1.32. The molecule has 106 valence electrons. The molecule has 0 aliphatic carbocycles. The van der Waals surface area contributed by atoms with Gasteiger partial charge in [0.25, 0.3) is 0 Å². The van der Waals surface area contributed by atoms with Crippen LogP contribution in [0.25, 0.3) is 11.3 Å². The lowest BCUT2D eigenvalue weighted by molar-refractivity contribution is -0.121. The maximum absolute atomic E-state index is 11.2. The van der Waals surface area contributed by atoms with E-state index in [1.54, 1.807) is 7.11 Å². The number of carbonyl (C=O) groups excluding carboxylic acids is 1. The van der Waals surface area contributed by atoms with Crippen molar-refractivity contribution in [1.82, 2.24) is 10.4 Å². The number of rotatable bonds is 5. The number of hydrogen-bond acceptors (Lipinski definition) is 6. The van der Waals surface area contributed by atoms with E-state index in [4.69, 9.17) is 16.3 Å². The summed E-state index contributed by atoms with van der Waals surface area (Å²) in [5.74, 6) is 5.64. The third-order valence-electron chi connectivity index (χ3n) is 2.82. The number of ether oxygens (including phenoxy) is 1. The fraction of sp³-hybridized carbons (Fsp3) is 0.231. The van der Waals surface area contributed by atoms with Gasteiger partial charge in [0, 0.05) is 16.9 Å². The van der Waals surface area contributed by atoms with Crippen LogP contribution in [-0.4, -0.2) is 18.0 Å². The minimum Gasteiger partial charge on any atom is -0.497 e. The first-order chi connectivity index (χ1) is 9.63. The summed E-state index contributed by atoms with van der Waals surface area (Å²) in [4.78, 5) is 16.5. The van der Waals surface area contributed by atoms with Gasteiger partial charge in [-0.25, -0.2) is 10.8 Å². The number of nitrogens with zero attached hydrogens (tertiary/aromatic N) is 1. The number of carbonyl (C=O) groups is 1. The van der Waals surface area contributed by atoms with E-state index < -0.39 is 0 Å². The highest BCUT2D eigenvalue weighted by molar-refractivity contribution is 7.15. The van der Waals surface area contributed by atoms with Crippen molar-refractivity contribution in [3.8, 4) is 17.0 Å². The van der Waals surface area contributed by atoms with Gasteiger partial charge in [0.2, 0.25) is 5.91 Å². The van der Waals surface area contributed by atoms with Gasteiger partial charge in [-0.2, -0.15) is 0 Å². The molecular formula is C13H16N4O2S. The standard InChI is InChI=1S/C13H16N4O2S/c1-19-9-4-2-8(3-5-9)12-10(20-13(14)16-12)6-7-11(18)17-15/h2-5H,6-7,15H2,1H3,(H2,14,16)(H,17,18). The smallest absolute Gasteiger partial charge is 0.234 e. The minimum absolute atomic E-state index is 0.211. The summed E-state index contributed by atoms with van der Waals surface area (Å²) in [6, 6.07) is 7.56. The Balaban J connectivity index is 2.23. The van der Waals surface area contributed by atoms with Crippen LogP contribution in [0, 0.1) is 0 Å². The Kier molecular flexibility index (Phi) is 4.54. The van der Waals surface area contributed by atoms with Crippen molar-refractivity contribution in [3.05, 3.63) is 29.1 Å². The fourth-order valence-electron chi connectivity index (χ4n) is 1.81. The molecule has 6 nitrogen and oxygen atoms in total. The number of benzene rings is 1. The average molecular weight is 292 g/mol. The number of nitrogens with two attached hydrogens (primary N) is 2. The van der Waals surface area contributed by atoms with Crippen LogP contribution < -0.4 is 21.7 Å². The molecule has 7 heteroatoms. The third-order valence-corrected chi connectivity index (χ3v) is 3.76. The zero-order valence-corrected chi connectivity index (χ0v) is 11.9. The molecule has 0 bridgehead atoms. The van der Waals surface area contributed by atoms with Crippen LogP contribution in [0.3, 0.4) is 0 Å². The summed E-state index contributed by atoms with van der Waals surface area (Å²) in [5.41, 5.74) is 9.63. The van der Waals surface area contributed by atoms with Crippen molar-refractivity contribution in [3.63, 3.8) is 0 Å². The van der Waals surface area contributed by atoms with Crippen molar-refractivity contribution < 1.29 is 9.53 Å². The summed E-state index contributed by atoms with van der Waals surface area (Å²) in [6.07, 6.45) is 0.862. The van der Waals surface area contributed by atoms with Crippen LogP contribution in [0.2, 0.25) is 0 Å². The molecule has 0 aliphatic heterocycles. The second kappa shape index (κ2) is 6.36. The molecule has 20 heavy (non-hydrogen) atoms. The Morgan fingerprint density at radius 3 is 2.70 bits per heavy atom. The lowest BCUT2D eigenvalue weighted by atomic mass is 10.1. The second-order valence-electron chi connectivity index (χ2n) is 4.12. The molecule has 1 aromatic heterocycles. The summed E-state index contributed by atoms with van der Waals surface area (Å²) >= 11 is 1.39. The van der Waals surface area contributed by atoms with Gasteiger partial charge in [-0.15, -0.1) is 11.3 Å². The van der Waals surface area contributed by atoms with Gasteiger partial charge in [-0.1, -0.05) is 0 Å². The summed E-state index contributed by atoms with van der Waals surface area (Å²) in [7, 11) is 1.62. The van der Waals surface area contributed by atoms with Gasteiger partial charge in [-0.3, -0.25) is 10.2 Å². The van der Waals surface area contributed by atoms with Crippen molar-refractivity contribution in [2.75, 3.05) is 12.8 Å². The van der Waals surface area contributed by atoms with Gasteiger partial charge >= 0.3 is 0 Å². The zero-order chi connectivity index (χ0) is 14.5. The van der Waals surface area contributed by atoms with E-state index in [2.05, 4.69) is 10.4 Å². The highest BCUT2D eigenvalue weighted by atomic mass is 32.1. The molecule has 0 fully saturated rings. The molecule has 1 amide bonds. The van der Waals surface area contributed by atoms with Crippen LogP contribution in [0.1, 0.15) is 11.3 Å². The lowest BCUT2D eigenvalue weighted by Gasteiger charge is -2.04. The van der Waals surface area contributed by atoms with Crippen molar-refractivity contribution in [2.24, 2.45) is 5.84 Å². The van der Waals surface area contributed by atoms with E-state index in [1.807, 2.05) is 24.3 Å². The number of hydrazine groups is 1. The van der Waals surface area contributed by atoms with E-state index in [9.17, 15) is 4.79 Å². The molecule has 0 saturated carbocycles. The molecular weight excluding hydrogens is 276 g/mol. The van der Waals surface area contributed by atoms with Crippen molar-refractivity contribution >= 4 is 22.4 Å². The van der Waals surface area contributed by atoms with Gasteiger partial charge in [-0.05, 0) is 30.7 Å². The first-order valence-electron chi connectivity index (χ1n) is 6.03. The van der Waals surface area contributed by atoms with Crippen molar-refractivity contribution in [1.29, 1.82) is 0 Å².